The minimum Gasteiger partial charge on any atom is -0.385 e. The van der Waals surface area contributed by atoms with Gasteiger partial charge in [0.15, 0.2) is 0 Å². The molecule has 4 heteroatoms. The number of aliphatic hydroxyl groups excluding tert-OH is 1. The molecule has 3 atom stereocenters. The van der Waals surface area contributed by atoms with E-state index < -0.39 is 6.10 Å². The molecule has 138 valence electrons. The van der Waals surface area contributed by atoms with Gasteiger partial charge in [0.05, 0.1) is 6.04 Å². The number of hydrogen-bond donors (Lipinski definition) is 1. The van der Waals surface area contributed by atoms with Crippen LogP contribution in [0.25, 0.3) is 11.1 Å². The quantitative estimate of drug-likeness (QED) is 0.711. The summed E-state index contributed by atoms with van der Waals surface area (Å²) in [7, 11) is 1.81. The monoisotopic (exact) mass is 377 g/mol. The highest BCUT2D eigenvalue weighted by Crippen LogP contribution is 2.44. The molecule has 1 fully saturated rings. The van der Waals surface area contributed by atoms with Crippen molar-refractivity contribution in [1.29, 1.82) is 0 Å². The molecular weight excluding hydrogens is 354 g/mol. The fraction of sp³-hybridized carbons (Fsp3) is 0.261. The molecule has 0 unspecified atom stereocenters. The number of likely N-dealkylation sites (tertiary alicyclic amines) is 1. The Morgan fingerprint density at radius 3 is 2.37 bits per heavy atom. The summed E-state index contributed by atoms with van der Waals surface area (Å²) in [5.74, 6) is 0.0761. The average molecular weight is 378 g/mol. The molecule has 2 heterocycles. The number of likely N-dealkylation sites (N-methyl/N-ethyl adjacent to an activating group) is 1. The van der Waals surface area contributed by atoms with Crippen LogP contribution in [-0.4, -0.2) is 29.0 Å². The minimum absolute atomic E-state index is 0.00951. The summed E-state index contributed by atoms with van der Waals surface area (Å²) in [5, 5.41) is 11.4. The topological polar surface area (TPSA) is 40.5 Å². The van der Waals surface area contributed by atoms with Crippen molar-refractivity contribution in [3.05, 3.63) is 82.0 Å². The second-order valence-electron chi connectivity index (χ2n) is 7.16. The molecule has 1 aromatic heterocycles. The SMILES string of the molecule is Cc1cc(-c2ccccc2)c([C@@H](O)[C@H]2[C@@H](c3ccccc3)CC(=O)N2C)s1. The van der Waals surface area contributed by atoms with E-state index in [4.69, 9.17) is 0 Å². The molecule has 1 aliphatic heterocycles. The molecule has 0 spiro atoms. The summed E-state index contributed by atoms with van der Waals surface area (Å²) >= 11 is 1.62. The third-order valence-corrected chi connectivity index (χ3v) is 6.56. The lowest BCUT2D eigenvalue weighted by Gasteiger charge is -2.30. The Balaban J connectivity index is 1.75. The first-order valence-electron chi connectivity index (χ1n) is 9.20. The van der Waals surface area contributed by atoms with E-state index in [0.29, 0.717) is 6.42 Å². The molecule has 3 nitrogen and oxygen atoms in total. The van der Waals surface area contributed by atoms with Crippen molar-refractivity contribution in [3.8, 4) is 11.1 Å². The van der Waals surface area contributed by atoms with Crippen molar-refractivity contribution in [3.63, 3.8) is 0 Å². The molecular formula is C23H23NO2S. The average Bonchev–Trinajstić information content (AvgIpc) is 3.23. The van der Waals surface area contributed by atoms with Crippen LogP contribution in [0.5, 0.6) is 0 Å². The van der Waals surface area contributed by atoms with Gasteiger partial charge in [-0.15, -0.1) is 11.3 Å². The number of amides is 1. The van der Waals surface area contributed by atoms with Gasteiger partial charge in [0.2, 0.25) is 5.91 Å². The number of nitrogens with zero attached hydrogens (tertiary/aromatic N) is 1. The molecule has 0 radical (unpaired) electrons. The van der Waals surface area contributed by atoms with Crippen LogP contribution in [-0.2, 0) is 4.79 Å². The first kappa shape index (κ1) is 18.0. The first-order chi connectivity index (χ1) is 13.1. The molecule has 1 N–H and O–H groups in total. The smallest absolute Gasteiger partial charge is 0.223 e. The highest BCUT2D eigenvalue weighted by Gasteiger charge is 2.43. The van der Waals surface area contributed by atoms with Gasteiger partial charge >= 0.3 is 0 Å². The van der Waals surface area contributed by atoms with Crippen molar-refractivity contribution in [2.45, 2.75) is 31.4 Å². The molecule has 4 rings (SSSR count). The predicted octanol–water partition coefficient (Wildman–Crippen LogP) is 4.77. The summed E-state index contributed by atoms with van der Waals surface area (Å²) in [5.41, 5.74) is 3.26. The Labute approximate surface area is 163 Å². The second-order valence-corrected chi connectivity index (χ2v) is 8.45. The Morgan fingerprint density at radius 2 is 1.70 bits per heavy atom. The Morgan fingerprint density at radius 1 is 1.07 bits per heavy atom. The van der Waals surface area contributed by atoms with E-state index in [0.717, 1.165) is 26.4 Å². The highest BCUT2D eigenvalue weighted by atomic mass is 32.1. The molecule has 3 aromatic rings. The van der Waals surface area contributed by atoms with Gasteiger partial charge in [-0.2, -0.15) is 0 Å². The van der Waals surface area contributed by atoms with Crippen molar-refractivity contribution in [1.82, 2.24) is 4.90 Å². The summed E-state index contributed by atoms with van der Waals surface area (Å²) in [6, 6.07) is 22.1. The van der Waals surface area contributed by atoms with Crippen LogP contribution >= 0.6 is 11.3 Å². The fourth-order valence-corrected chi connectivity index (χ4v) is 5.16. The number of carbonyl (C=O) groups excluding carboxylic acids is 1. The van der Waals surface area contributed by atoms with Crippen molar-refractivity contribution < 1.29 is 9.90 Å². The number of thiophene rings is 1. The van der Waals surface area contributed by atoms with Gasteiger partial charge in [-0.1, -0.05) is 60.7 Å². The van der Waals surface area contributed by atoms with Crippen LogP contribution in [0.4, 0.5) is 0 Å². The zero-order valence-electron chi connectivity index (χ0n) is 15.5. The van der Waals surface area contributed by atoms with Gasteiger partial charge in [-0.05, 0) is 29.7 Å². The number of benzene rings is 2. The summed E-state index contributed by atoms with van der Waals surface area (Å²) < 4.78 is 0. The van der Waals surface area contributed by atoms with Gasteiger partial charge < -0.3 is 10.0 Å². The standard InChI is InChI=1S/C23H23NO2S/c1-15-13-19(17-11-7-4-8-12-17)23(27-15)22(26)21-18(14-20(25)24(21)2)16-9-5-3-6-10-16/h3-13,18,21-22,26H,14H2,1-2H3/t18-,21-,22+/m1/s1. The number of rotatable bonds is 4. The lowest BCUT2D eigenvalue weighted by molar-refractivity contribution is -0.128. The van der Waals surface area contributed by atoms with Crippen molar-refractivity contribution >= 4 is 17.2 Å². The van der Waals surface area contributed by atoms with Crippen molar-refractivity contribution in [2.24, 2.45) is 0 Å². The number of hydrogen-bond acceptors (Lipinski definition) is 3. The van der Waals surface area contributed by atoms with Gasteiger partial charge in [0.25, 0.3) is 0 Å². The van der Waals surface area contributed by atoms with E-state index in [-0.39, 0.29) is 17.9 Å². The molecule has 0 aliphatic carbocycles. The third kappa shape index (κ3) is 3.31. The van der Waals surface area contributed by atoms with Gasteiger partial charge in [0, 0.05) is 29.1 Å². The molecule has 1 aliphatic rings. The maximum Gasteiger partial charge on any atom is 0.223 e. The molecule has 2 aromatic carbocycles. The number of aryl methyl sites for hydroxylation is 1. The summed E-state index contributed by atoms with van der Waals surface area (Å²) in [4.78, 5) is 16.3. The minimum atomic E-state index is -0.722. The van der Waals surface area contributed by atoms with Gasteiger partial charge in [-0.3, -0.25) is 4.79 Å². The highest BCUT2D eigenvalue weighted by molar-refractivity contribution is 7.12. The van der Waals surface area contributed by atoms with E-state index in [2.05, 4.69) is 37.3 Å². The van der Waals surface area contributed by atoms with Crippen LogP contribution in [0.2, 0.25) is 0 Å². The van der Waals surface area contributed by atoms with E-state index >= 15 is 0 Å². The van der Waals surface area contributed by atoms with E-state index in [1.54, 1.807) is 16.2 Å². The Hall–Kier alpha value is -2.43. The maximum atomic E-state index is 12.5. The lowest BCUT2D eigenvalue weighted by atomic mass is 9.87. The number of carbonyl (C=O) groups is 1. The molecule has 0 bridgehead atoms. The largest absolute Gasteiger partial charge is 0.385 e. The molecule has 1 saturated heterocycles. The Bertz CT molecular complexity index is 936. The summed E-state index contributed by atoms with van der Waals surface area (Å²) in [6.45, 7) is 2.06. The molecule has 1 amide bonds. The van der Waals surface area contributed by atoms with Crippen LogP contribution in [0.1, 0.15) is 33.8 Å². The third-order valence-electron chi connectivity index (χ3n) is 5.44. The van der Waals surface area contributed by atoms with Crippen molar-refractivity contribution in [2.75, 3.05) is 7.05 Å². The van der Waals surface area contributed by atoms with Crippen LogP contribution in [0.3, 0.4) is 0 Å². The predicted molar refractivity (Wildman–Crippen MR) is 110 cm³/mol. The zero-order chi connectivity index (χ0) is 19.0. The van der Waals surface area contributed by atoms with E-state index in [1.165, 1.54) is 0 Å². The maximum absolute atomic E-state index is 12.5. The van der Waals surface area contributed by atoms with Gasteiger partial charge in [-0.25, -0.2) is 0 Å². The fourth-order valence-electron chi connectivity index (χ4n) is 4.09. The number of aliphatic hydroxyl groups is 1. The summed E-state index contributed by atoms with van der Waals surface area (Å²) in [6.07, 6.45) is -0.284. The normalized spacial score (nSPS) is 20.9. The van der Waals surface area contributed by atoms with Crippen LogP contribution < -0.4 is 0 Å². The second kappa shape index (κ2) is 7.29. The van der Waals surface area contributed by atoms with E-state index in [9.17, 15) is 9.90 Å². The van der Waals surface area contributed by atoms with Gasteiger partial charge in [0.1, 0.15) is 6.10 Å². The molecule has 27 heavy (non-hydrogen) atoms. The van der Waals surface area contributed by atoms with Crippen LogP contribution in [0.15, 0.2) is 66.7 Å². The van der Waals surface area contributed by atoms with Crippen LogP contribution in [0, 0.1) is 6.92 Å². The lowest BCUT2D eigenvalue weighted by Crippen LogP contribution is -2.36. The first-order valence-corrected chi connectivity index (χ1v) is 10.0. The Kier molecular flexibility index (Phi) is 4.85. The zero-order valence-corrected chi connectivity index (χ0v) is 16.3. The molecule has 0 saturated carbocycles. The van der Waals surface area contributed by atoms with E-state index in [1.807, 2.05) is 43.4 Å².